The second-order valence-electron chi connectivity index (χ2n) is 6.81. The normalized spacial score (nSPS) is 11.8. The van der Waals surface area contributed by atoms with Crippen LogP contribution in [0.2, 0.25) is 0 Å². The van der Waals surface area contributed by atoms with Crippen LogP contribution in [0.15, 0.2) is 60.5 Å². The van der Waals surface area contributed by atoms with Gasteiger partial charge in [-0.05, 0) is 43.0 Å². The Bertz CT molecular complexity index is 993. The van der Waals surface area contributed by atoms with Crippen LogP contribution in [0.1, 0.15) is 31.9 Å². The summed E-state index contributed by atoms with van der Waals surface area (Å²) in [5.74, 6) is 0.664. The summed E-state index contributed by atoms with van der Waals surface area (Å²) in [6.07, 6.45) is 6.96. The van der Waals surface area contributed by atoms with Gasteiger partial charge in [0.05, 0.1) is 10.9 Å². The van der Waals surface area contributed by atoms with E-state index in [0.717, 1.165) is 29.9 Å². The second-order valence-corrected chi connectivity index (χ2v) is 8.12. The highest BCUT2D eigenvalue weighted by Crippen LogP contribution is 2.33. The number of nitrogens with one attached hydrogen (secondary N) is 1. The number of aryl methyl sites for hydroxylation is 2. The number of hydrogen-bond acceptors (Lipinski definition) is 5. The molecule has 0 saturated heterocycles. The lowest BCUT2D eigenvalue weighted by molar-refractivity contribution is -0.120. The fourth-order valence-electron chi connectivity index (χ4n) is 3.26. The van der Waals surface area contributed by atoms with Gasteiger partial charge in [0.15, 0.2) is 11.0 Å². The topological polar surface area (TPSA) is 72.7 Å². The molecule has 156 valence electrons. The Labute approximate surface area is 181 Å². The van der Waals surface area contributed by atoms with Crippen molar-refractivity contribution < 1.29 is 4.79 Å². The SMILES string of the molecule is C=CCNC(=O)C(C)Sc1nnc(-c2cccnc2)n1-c1c(CC)cccc1CC. The summed E-state index contributed by atoms with van der Waals surface area (Å²) in [5.41, 5.74) is 4.40. The van der Waals surface area contributed by atoms with Crippen molar-refractivity contribution in [3.05, 3.63) is 66.5 Å². The predicted molar refractivity (Wildman–Crippen MR) is 122 cm³/mol. The number of hydrogen-bond donors (Lipinski definition) is 1. The third-order valence-electron chi connectivity index (χ3n) is 4.81. The Morgan fingerprint density at radius 1 is 1.20 bits per heavy atom. The highest BCUT2D eigenvalue weighted by Gasteiger charge is 2.24. The lowest BCUT2D eigenvalue weighted by Gasteiger charge is -2.19. The van der Waals surface area contributed by atoms with E-state index in [0.29, 0.717) is 11.7 Å². The van der Waals surface area contributed by atoms with Crippen molar-refractivity contribution >= 4 is 17.7 Å². The molecule has 0 saturated carbocycles. The van der Waals surface area contributed by atoms with Crippen molar-refractivity contribution in [1.82, 2.24) is 25.1 Å². The Kier molecular flexibility index (Phi) is 7.41. The van der Waals surface area contributed by atoms with Crippen LogP contribution < -0.4 is 5.32 Å². The van der Waals surface area contributed by atoms with E-state index in [1.54, 1.807) is 18.5 Å². The zero-order chi connectivity index (χ0) is 21.5. The van der Waals surface area contributed by atoms with Crippen molar-refractivity contribution in [2.75, 3.05) is 6.54 Å². The quantitative estimate of drug-likeness (QED) is 0.413. The molecule has 3 rings (SSSR count). The lowest BCUT2D eigenvalue weighted by Crippen LogP contribution is -2.31. The maximum Gasteiger partial charge on any atom is 0.233 e. The number of rotatable bonds is 9. The first-order chi connectivity index (χ1) is 14.6. The highest BCUT2D eigenvalue weighted by molar-refractivity contribution is 8.00. The number of thioether (sulfide) groups is 1. The minimum absolute atomic E-state index is 0.0585. The van der Waals surface area contributed by atoms with Crippen LogP contribution in [0, 0.1) is 0 Å². The number of aromatic nitrogens is 4. The minimum atomic E-state index is -0.325. The van der Waals surface area contributed by atoms with Crippen LogP contribution in [0.25, 0.3) is 17.1 Å². The van der Waals surface area contributed by atoms with Gasteiger partial charge in [-0.2, -0.15) is 0 Å². The Hall–Kier alpha value is -2.93. The maximum atomic E-state index is 12.4. The number of para-hydroxylation sites is 1. The molecule has 0 bridgehead atoms. The molecule has 0 spiro atoms. The third kappa shape index (κ3) is 4.62. The number of benzene rings is 1. The number of nitrogens with zero attached hydrogens (tertiary/aromatic N) is 4. The van der Waals surface area contributed by atoms with Crippen molar-refractivity contribution in [3.8, 4) is 17.1 Å². The van der Waals surface area contributed by atoms with E-state index in [9.17, 15) is 4.79 Å². The Morgan fingerprint density at radius 3 is 2.53 bits per heavy atom. The lowest BCUT2D eigenvalue weighted by atomic mass is 10.0. The van der Waals surface area contributed by atoms with Gasteiger partial charge in [-0.1, -0.05) is 49.9 Å². The van der Waals surface area contributed by atoms with E-state index in [4.69, 9.17) is 0 Å². The van der Waals surface area contributed by atoms with E-state index in [2.05, 4.69) is 63.7 Å². The zero-order valence-corrected chi connectivity index (χ0v) is 18.4. The summed E-state index contributed by atoms with van der Waals surface area (Å²) >= 11 is 1.40. The van der Waals surface area contributed by atoms with Crippen LogP contribution >= 0.6 is 11.8 Å². The molecule has 0 fully saturated rings. The molecule has 6 nitrogen and oxygen atoms in total. The molecule has 2 heterocycles. The molecule has 2 aromatic heterocycles. The second kappa shape index (κ2) is 10.2. The van der Waals surface area contributed by atoms with Crippen LogP contribution in [0.3, 0.4) is 0 Å². The molecule has 0 radical (unpaired) electrons. The van der Waals surface area contributed by atoms with Crippen molar-refractivity contribution in [1.29, 1.82) is 0 Å². The summed E-state index contributed by atoms with van der Waals surface area (Å²) < 4.78 is 2.08. The van der Waals surface area contributed by atoms with Crippen LogP contribution in [-0.4, -0.2) is 37.5 Å². The number of amides is 1. The maximum absolute atomic E-state index is 12.4. The smallest absolute Gasteiger partial charge is 0.233 e. The monoisotopic (exact) mass is 421 g/mol. The van der Waals surface area contributed by atoms with E-state index in [1.165, 1.54) is 22.9 Å². The Balaban J connectivity index is 2.14. The molecule has 30 heavy (non-hydrogen) atoms. The first-order valence-corrected chi connectivity index (χ1v) is 11.0. The van der Waals surface area contributed by atoms with E-state index in [1.807, 2.05) is 19.1 Å². The third-order valence-corrected chi connectivity index (χ3v) is 5.86. The summed E-state index contributed by atoms with van der Waals surface area (Å²) in [6.45, 7) is 10.3. The van der Waals surface area contributed by atoms with Crippen molar-refractivity contribution in [2.45, 2.75) is 44.0 Å². The molecule has 0 aliphatic rings. The minimum Gasteiger partial charge on any atom is -0.352 e. The molecule has 7 heteroatoms. The average Bonchev–Trinajstić information content (AvgIpc) is 3.20. The molecule has 1 unspecified atom stereocenters. The molecule has 1 aromatic carbocycles. The van der Waals surface area contributed by atoms with Gasteiger partial charge in [-0.15, -0.1) is 16.8 Å². The van der Waals surface area contributed by atoms with Gasteiger partial charge in [-0.3, -0.25) is 14.3 Å². The van der Waals surface area contributed by atoms with Gasteiger partial charge in [0, 0.05) is 24.5 Å². The van der Waals surface area contributed by atoms with E-state index in [-0.39, 0.29) is 11.2 Å². The largest absolute Gasteiger partial charge is 0.352 e. The van der Waals surface area contributed by atoms with Gasteiger partial charge >= 0.3 is 0 Å². The summed E-state index contributed by atoms with van der Waals surface area (Å²) in [5, 5.41) is 12.2. The highest BCUT2D eigenvalue weighted by atomic mass is 32.2. The van der Waals surface area contributed by atoms with Crippen molar-refractivity contribution in [2.24, 2.45) is 0 Å². The Morgan fingerprint density at radius 2 is 1.93 bits per heavy atom. The average molecular weight is 422 g/mol. The first kappa shape index (κ1) is 21.8. The molecule has 0 aliphatic carbocycles. The van der Waals surface area contributed by atoms with Crippen LogP contribution in [-0.2, 0) is 17.6 Å². The van der Waals surface area contributed by atoms with Gasteiger partial charge in [0.25, 0.3) is 0 Å². The fourth-order valence-corrected chi connectivity index (χ4v) is 4.14. The molecule has 0 aliphatic heterocycles. The van der Waals surface area contributed by atoms with Crippen LogP contribution in [0.4, 0.5) is 0 Å². The fraction of sp³-hybridized carbons (Fsp3) is 0.304. The molecular weight excluding hydrogens is 394 g/mol. The zero-order valence-electron chi connectivity index (χ0n) is 17.6. The number of carbonyl (C=O) groups excluding carboxylic acids is 1. The molecule has 1 N–H and O–H groups in total. The predicted octanol–water partition coefficient (Wildman–Crippen LogP) is 4.24. The van der Waals surface area contributed by atoms with E-state index < -0.39 is 0 Å². The number of carbonyl (C=O) groups is 1. The first-order valence-electron chi connectivity index (χ1n) is 10.1. The van der Waals surface area contributed by atoms with E-state index >= 15 is 0 Å². The van der Waals surface area contributed by atoms with Gasteiger partial charge in [0.1, 0.15) is 0 Å². The van der Waals surface area contributed by atoms with Crippen molar-refractivity contribution in [3.63, 3.8) is 0 Å². The molecule has 1 amide bonds. The number of pyridine rings is 1. The molecule has 3 aromatic rings. The van der Waals surface area contributed by atoms with Gasteiger partial charge in [-0.25, -0.2) is 0 Å². The van der Waals surface area contributed by atoms with Crippen LogP contribution in [0.5, 0.6) is 0 Å². The molecular formula is C23H27N5OS. The summed E-state index contributed by atoms with van der Waals surface area (Å²) in [6, 6.07) is 10.2. The molecule has 1 atom stereocenters. The van der Waals surface area contributed by atoms with Gasteiger partial charge < -0.3 is 5.32 Å². The summed E-state index contributed by atoms with van der Waals surface area (Å²) in [4.78, 5) is 16.7. The summed E-state index contributed by atoms with van der Waals surface area (Å²) in [7, 11) is 0. The van der Waals surface area contributed by atoms with Gasteiger partial charge in [0.2, 0.25) is 5.91 Å². The standard InChI is InChI=1S/C23H27N5OS/c1-5-13-25-22(29)16(4)30-23-27-26-21(19-12-9-14-24-15-19)28(23)20-17(6-2)10-8-11-18(20)7-3/h5,8-12,14-16H,1,6-7,13H2,2-4H3,(H,25,29).